The molecule has 3 rings (SSSR count). The molecule has 3 aliphatic rings. The van der Waals surface area contributed by atoms with Crippen molar-refractivity contribution >= 4 is 29.2 Å². The molecule has 3 aliphatic carbocycles. The Labute approximate surface area is 112 Å². The summed E-state index contributed by atoms with van der Waals surface area (Å²) in [5.74, 6) is 2.21. The fraction of sp³-hybridized carbons (Fsp3) is 0.923. The normalized spacial score (nSPS) is 45.9. The maximum absolute atomic E-state index is 11.7. The minimum Gasteiger partial charge on any atom is -0.466 e. The summed E-state index contributed by atoms with van der Waals surface area (Å²) in [6.07, 6.45) is 4.34. The van der Waals surface area contributed by atoms with Gasteiger partial charge in [-0.1, -0.05) is 0 Å². The number of hydrogen-bond acceptors (Lipinski definition) is 2. The Morgan fingerprint density at radius 2 is 1.71 bits per heavy atom. The van der Waals surface area contributed by atoms with Crippen LogP contribution < -0.4 is 0 Å². The van der Waals surface area contributed by atoms with Crippen LogP contribution in [0.4, 0.5) is 0 Å². The molecule has 0 aromatic carbocycles. The van der Waals surface area contributed by atoms with Gasteiger partial charge >= 0.3 is 5.97 Å². The predicted molar refractivity (Wildman–Crippen MR) is 67.0 cm³/mol. The van der Waals surface area contributed by atoms with Gasteiger partial charge in [-0.05, 0) is 56.3 Å². The highest BCUT2D eigenvalue weighted by atomic mass is 35.5. The number of rotatable bonds is 2. The minimum atomic E-state index is -0.462. The molecule has 96 valence electrons. The lowest BCUT2D eigenvalue weighted by molar-refractivity contribution is -0.145. The van der Waals surface area contributed by atoms with Crippen molar-refractivity contribution < 1.29 is 9.53 Å². The van der Waals surface area contributed by atoms with Crippen molar-refractivity contribution in [3.63, 3.8) is 0 Å². The zero-order chi connectivity index (χ0) is 12.2. The van der Waals surface area contributed by atoms with Crippen molar-refractivity contribution in [2.45, 2.75) is 36.9 Å². The number of esters is 1. The quantitative estimate of drug-likeness (QED) is 0.571. The number of carbonyl (C=O) groups is 1. The third-order valence-corrected chi connectivity index (χ3v) is 6.00. The number of alkyl halides is 2. The molecule has 0 aliphatic heterocycles. The van der Waals surface area contributed by atoms with Crippen molar-refractivity contribution in [1.82, 2.24) is 0 Å². The van der Waals surface area contributed by atoms with E-state index in [1.165, 1.54) is 0 Å². The van der Waals surface area contributed by atoms with Crippen molar-refractivity contribution in [3.8, 4) is 0 Å². The molecular formula is C13H18Cl2O2. The third-order valence-electron chi connectivity index (χ3n) is 4.88. The fourth-order valence-corrected chi connectivity index (χ4v) is 4.73. The van der Waals surface area contributed by atoms with Crippen LogP contribution in [0.3, 0.4) is 0 Å². The summed E-state index contributed by atoms with van der Waals surface area (Å²) in [5.41, 5.74) is 0. The van der Waals surface area contributed by atoms with E-state index in [0.29, 0.717) is 30.3 Å². The van der Waals surface area contributed by atoms with Crippen LogP contribution in [-0.2, 0) is 9.53 Å². The van der Waals surface area contributed by atoms with E-state index in [2.05, 4.69) is 0 Å². The molecule has 17 heavy (non-hydrogen) atoms. The minimum absolute atomic E-state index is 0.0149. The average Bonchev–Trinajstić information content (AvgIpc) is 3.02. The van der Waals surface area contributed by atoms with Crippen molar-refractivity contribution in [2.24, 2.45) is 29.6 Å². The highest BCUT2D eigenvalue weighted by Crippen LogP contribution is 2.67. The fourth-order valence-electron chi connectivity index (χ4n) is 3.81. The number of carbonyl (C=O) groups excluding carboxylic acids is 1. The van der Waals surface area contributed by atoms with Crippen molar-refractivity contribution in [2.75, 3.05) is 6.61 Å². The molecule has 3 fully saturated rings. The van der Waals surface area contributed by atoms with Crippen LogP contribution in [0.5, 0.6) is 0 Å². The van der Waals surface area contributed by atoms with Gasteiger partial charge in [-0.3, -0.25) is 4.79 Å². The SMILES string of the molecule is CCOC(=O)C1[C@H]2CC[C@@H]3[C@H](CC[C@@H]12)C3(Cl)Cl. The van der Waals surface area contributed by atoms with Crippen LogP contribution in [0.25, 0.3) is 0 Å². The maximum Gasteiger partial charge on any atom is 0.309 e. The van der Waals surface area contributed by atoms with E-state index in [4.69, 9.17) is 27.9 Å². The third kappa shape index (κ3) is 1.88. The van der Waals surface area contributed by atoms with E-state index in [1.54, 1.807) is 0 Å². The summed E-state index contributed by atoms with van der Waals surface area (Å²) >= 11 is 12.5. The molecule has 0 aromatic rings. The summed E-state index contributed by atoms with van der Waals surface area (Å²) in [7, 11) is 0. The zero-order valence-corrected chi connectivity index (χ0v) is 11.5. The van der Waals surface area contributed by atoms with E-state index < -0.39 is 4.33 Å². The lowest BCUT2D eigenvalue weighted by atomic mass is 10.0. The zero-order valence-electron chi connectivity index (χ0n) is 9.99. The van der Waals surface area contributed by atoms with E-state index in [9.17, 15) is 4.79 Å². The lowest BCUT2D eigenvalue weighted by Gasteiger charge is -2.03. The summed E-state index contributed by atoms with van der Waals surface area (Å²) in [4.78, 5) is 11.7. The van der Waals surface area contributed by atoms with Gasteiger partial charge in [0.1, 0.15) is 4.33 Å². The van der Waals surface area contributed by atoms with Crippen LogP contribution in [0.15, 0.2) is 0 Å². The molecule has 3 saturated carbocycles. The van der Waals surface area contributed by atoms with Crippen molar-refractivity contribution in [3.05, 3.63) is 0 Å². The molecule has 0 N–H and O–H groups in total. The first-order valence-electron chi connectivity index (χ1n) is 6.61. The Morgan fingerprint density at radius 3 is 2.18 bits per heavy atom. The Hall–Kier alpha value is 0.0500. The molecule has 0 spiro atoms. The Balaban J connectivity index is 1.59. The number of hydrogen-bond donors (Lipinski definition) is 0. The molecule has 0 saturated heterocycles. The number of ether oxygens (including phenoxy) is 1. The molecular weight excluding hydrogens is 259 g/mol. The van der Waals surface area contributed by atoms with Crippen LogP contribution in [-0.4, -0.2) is 16.9 Å². The van der Waals surface area contributed by atoms with Gasteiger partial charge in [0.15, 0.2) is 0 Å². The van der Waals surface area contributed by atoms with Gasteiger partial charge in [0.05, 0.1) is 12.5 Å². The average molecular weight is 277 g/mol. The second kappa shape index (κ2) is 4.03. The largest absolute Gasteiger partial charge is 0.466 e. The first kappa shape index (κ1) is 12.1. The molecule has 0 radical (unpaired) electrons. The van der Waals surface area contributed by atoms with Crippen LogP contribution in [0.1, 0.15) is 32.6 Å². The summed E-state index contributed by atoms with van der Waals surface area (Å²) in [6.45, 7) is 2.36. The Bertz CT molecular complexity index is 320. The van der Waals surface area contributed by atoms with Gasteiger partial charge in [0, 0.05) is 0 Å². The topological polar surface area (TPSA) is 26.3 Å². The molecule has 0 amide bonds. The molecule has 2 nitrogen and oxygen atoms in total. The summed E-state index contributed by atoms with van der Waals surface area (Å²) in [6, 6.07) is 0. The van der Waals surface area contributed by atoms with E-state index in [1.807, 2.05) is 6.92 Å². The maximum atomic E-state index is 11.7. The van der Waals surface area contributed by atoms with Gasteiger partial charge in [-0.25, -0.2) is 0 Å². The molecule has 4 heteroatoms. The summed E-state index contributed by atoms with van der Waals surface area (Å²) < 4.78 is 4.67. The van der Waals surface area contributed by atoms with Gasteiger partial charge in [-0.15, -0.1) is 23.2 Å². The predicted octanol–water partition coefficient (Wildman–Crippen LogP) is 3.41. The Kier molecular flexibility index (Phi) is 2.87. The monoisotopic (exact) mass is 276 g/mol. The highest BCUT2D eigenvalue weighted by Gasteiger charge is 2.65. The second-order valence-electron chi connectivity index (χ2n) is 5.65. The molecule has 0 heterocycles. The number of fused-ring (bicyclic) bond motifs is 2. The first-order valence-corrected chi connectivity index (χ1v) is 7.37. The highest BCUT2D eigenvalue weighted by molar-refractivity contribution is 6.51. The van der Waals surface area contributed by atoms with Gasteiger partial charge < -0.3 is 4.74 Å². The van der Waals surface area contributed by atoms with E-state index >= 15 is 0 Å². The van der Waals surface area contributed by atoms with Crippen molar-refractivity contribution in [1.29, 1.82) is 0 Å². The Morgan fingerprint density at radius 1 is 1.18 bits per heavy atom. The smallest absolute Gasteiger partial charge is 0.309 e. The summed E-state index contributed by atoms with van der Waals surface area (Å²) in [5, 5.41) is 0. The van der Waals surface area contributed by atoms with E-state index in [0.717, 1.165) is 25.7 Å². The van der Waals surface area contributed by atoms with Gasteiger partial charge in [0.25, 0.3) is 0 Å². The van der Waals surface area contributed by atoms with Crippen LogP contribution in [0, 0.1) is 29.6 Å². The molecule has 0 bridgehead atoms. The second-order valence-corrected chi connectivity index (χ2v) is 7.09. The lowest BCUT2D eigenvalue weighted by Crippen LogP contribution is -2.08. The van der Waals surface area contributed by atoms with Gasteiger partial charge in [0.2, 0.25) is 0 Å². The standard InChI is InChI=1S/C13H18Cl2O2/c1-2-17-12(16)11-7-3-5-9-10(13(9,14)15)6-4-8(7)11/h7-11H,2-6H2,1H3/t7-,8+,9+,10-,11?. The first-order chi connectivity index (χ1) is 8.07. The van der Waals surface area contributed by atoms with E-state index in [-0.39, 0.29) is 11.9 Å². The van der Waals surface area contributed by atoms with Crippen LogP contribution >= 0.6 is 23.2 Å². The molecule has 1 unspecified atom stereocenters. The molecule has 5 atom stereocenters. The number of halogens is 2. The molecule has 0 aromatic heterocycles. The van der Waals surface area contributed by atoms with Gasteiger partial charge in [-0.2, -0.15) is 0 Å². The van der Waals surface area contributed by atoms with Crippen LogP contribution in [0.2, 0.25) is 0 Å².